The molecule has 1 aliphatic heterocycles. The van der Waals surface area contributed by atoms with E-state index in [-0.39, 0.29) is 6.09 Å². The molecule has 0 atom stereocenters. The molecule has 0 saturated carbocycles. The average molecular weight is 561 g/mol. The summed E-state index contributed by atoms with van der Waals surface area (Å²) in [7, 11) is 1.32. The number of amides is 1. The first-order valence-corrected chi connectivity index (χ1v) is 13.3. The Morgan fingerprint density at radius 1 is 1.10 bits per heavy atom. The Morgan fingerprint density at radius 3 is 2.35 bits per heavy atom. The molecular formula is C32H33ClN2O5. The van der Waals surface area contributed by atoms with Gasteiger partial charge in [-0.1, -0.05) is 48.5 Å². The molecule has 0 bridgehead atoms. The van der Waals surface area contributed by atoms with E-state index >= 15 is 0 Å². The first kappa shape index (κ1) is 28.9. The number of aromatic nitrogens is 1. The SMILES string of the molecule is C=C/C(=C\c1nc(-c2ccc(-c3ccc(C(=O)OC)c(Cl)c3)cc2)oc1C)C1=CCN(C(=O)OC(C)(C)C)CC1. The van der Waals surface area contributed by atoms with Gasteiger partial charge in [-0.2, -0.15) is 0 Å². The van der Waals surface area contributed by atoms with Crippen molar-refractivity contribution >= 4 is 29.7 Å². The quantitative estimate of drug-likeness (QED) is 0.225. The minimum absolute atomic E-state index is 0.309. The van der Waals surface area contributed by atoms with Crippen LogP contribution in [-0.2, 0) is 9.47 Å². The van der Waals surface area contributed by atoms with Gasteiger partial charge in [-0.25, -0.2) is 14.6 Å². The summed E-state index contributed by atoms with van der Waals surface area (Å²) >= 11 is 6.29. The fraction of sp³-hybridized carbons (Fsp3) is 0.281. The van der Waals surface area contributed by atoms with Gasteiger partial charge < -0.3 is 18.8 Å². The lowest BCUT2D eigenvalue weighted by molar-refractivity contribution is 0.0266. The monoisotopic (exact) mass is 560 g/mol. The molecule has 8 heteroatoms. The third-order valence-electron chi connectivity index (χ3n) is 6.42. The Morgan fingerprint density at radius 2 is 1.77 bits per heavy atom. The van der Waals surface area contributed by atoms with Gasteiger partial charge in [-0.15, -0.1) is 0 Å². The number of esters is 1. The number of nitrogens with zero attached hydrogens (tertiary/aromatic N) is 2. The van der Waals surface area contributed by atoms with Gasteiger partial charge in [0, 0.05) is 18.7 Å². The van der Waals surface area contributed by atoms with Gasteiger partial charge in [0.15, 0.2) is 0 Å². The highest BCUT2D eigenvalue weighted by Gasteiger charge is 2.24. The number of carbonyl (C=O) groups is 2. The van der Waals surface area contributed by atoms with E-state index in [2.05, 4.69) is 6.58 Å². The zero-order valence-electron chi connectivity index (χ0n) is 23.4. The number of carbonyl (C=O) groups excluding carboxylic acids is 2. The third kappa shape index (κ3) is 6.72. The lowest BCUT2D eigenvalue weighted by Crippen LogP contribution is -2.39. The second-order valence-electron chi connectivity index (χ2n) is 10.4. The fourth-order valence-corrected chi connectivity index (χ4v) is 4.55. The number of oxazole rings is 1. The highest BCUT2D eigenvalue weighted by Crippen LogP contribution is 2.30. The second-order valence-corrected chi connectivity index (χ2v) is 10.8. The van der Waals surface area contributed by atoms with Crippen LogP contribution in [0.5, 0.6) is 0 Å². The van der Waals surface area contributed by atoms with E-state index in [4.69, 9.17) is 30.5 Å². The van der Waals surface area contributed by atoms with E-state index in [1.165, 1.54) is 7.11 Å². The number of methoxy groups -OCH3 is 1. The molecule has 208 valence electrons. The Balaban J connectivity index is 1.50. The third-order valence-corrected chi connectivity index (χ3v) is 6.73. The second kappa shape index (κ2) is 12.0. The van der Waals surface area contributed by atoms with Gasteiger partial charge >= 0.3 is 12.1 Å². The van der Waals surface area contributed by atoms with Crippen molar-refractivity contribution in [2.45, 2.75) is 39.7 Å². The van der Waals surface area contributed by atoms with Crippen LogP contribution < -0.4 is 0 Å². The van der Waals surface area contributed by atoms with Crippen LogP contribution in [0.3, 0.4) is 0 Å². The highest BCUT2D eigenvalue weighted by molar-refractivity contribution is 6.33. The Labute approximate surface area is 239 Å². The lowest BCUT2D eigenvalue weighted by atomic mass is 9.98. The van der Waals surface area contributed by atoms with Crippen LogP contribution in [0.1, 0.15) is 49.0 Å². The van der Waals surface area contributed by atoms with Crippen LogP contribution in [0.2, 0.25) is 5.02 Å². The van der Waals surface area contributed by atoms with Crippen molar-refractivity contribution in [1.82, 2.24) is 9.88 Å². The lowest BCUT2D eigenvalue weighted by Gasteiger charge is -2.29. The predicted octanol–water partition coefficient (Wildman–Crippen LogP) is 7.89. The molecule has 4 rings (SSSR count). The number of hydrogen-bond acceptors (Lipinski definition) is 6. The van der Waals surface area contributed by atoms with Crippen LogP contribution in [0.25, 0.3) is 28.7 Å². The number of benzene rings is 2. The van der Waals surface area contributed by atoms with Gasteiger partial charge in [0.25, 0.3) is 0 Å². The number of ether oxygens (including phenoxy) is 2. The molecule has 2 aromatic carbocycles. The van der Waals surface area contributed by atoms with Crippen LogP contribution in [-0.4, -0.2) is 47.7 Å². The first-order valence-electron chi connectivity index (χ1n) is 13.0. The number of rotatable bonds is 6. The molecule has 3 aromatic rings. The Kier molecular flexibility index (Phi) is 8.64. The van der Waals surface area contributed by atoms with Gasteiger partial charge in [0.1, 0.15) is 17.1 Å². The maximum atomic E-state index is 12.4. The molecule has 2 heterocycles. The van der Waals surface area contributed by atoms with E-state index in [0.29, 0.717) is 41.7 Å². The fourth-order valence-electron chi connectivity index (χ4n) is 4.29. The van der Waals surface area contributed by atoms with E-state index < -0.39 is 11.6 Å². The highest BCUT2D eigenvalue weighted by atomic mass is 35.5. The zero-order valence-corrected chi connectivity index (χ0v) is 24.2. The number of allylic oxidation sites excluding steroid dienone is 2. The van der Waals surface area contributed by atoms with Crippen molar-refractivity contribution < 1.29 is 23.5 Å². The summed E-state index contributed by atoms with van der Waals surface area (Å²) in [5, 5.41) is 0.330. The van der Waals surface area contributed by atoms with Gasteiger partial charge in [-0.05, 0) is 86.7 Å². The summed E-state index contributed by atoms with van der Waals surface area (Å²) < 4.78 is 16.2. The van der Waals surface area contributed by atoms with Crippen molar-refractivity contribution in [2.75, 3.05) is 20.2 Å². The number of hydrogen-bond donors (Lipinski definition) is 0. The normalized spacial score (nSPS) is 14.0. The van der Waals surface area contributed by atoms with Crippen molar-refractivity contribution in [3.63, 3.8) is 0 Å². The molecule has 40 heavy (non-hydrogen) atoms. The molecule has 0 saturated heterocycles. The average Bonchev–Trinajstić information content (AvgIpc) is 3.30. The number of halogens is 1. The van der Waals surface area contributed by atoms with Crippen molar-refractivity contribution in [1.29, 1.82) is 0 Å². The van der Waals surface area contributed by atoms with Gasteiger partial charge in [0.2, 0.25) is 5.89 Å². The molecule has 0 radical (unpaired) electrons. The number of aryl methyl sites for hydroxylation is 1. The van der Waals surface area contributed by atoms with Crippen LogP contribution >= 0.6 is 11.6 Å². The molecule has 1 aliphatic rings. The van der Waals surface area contributed by atoms with E-state index in [1.807, 2.05) is 70.2 Å². The minimum Gasteiger partial charge on any atom is -0.465 e. The van der Waals surface area contributed by atoms with Crippen molar-refractivity contribution in [3.05, 3.63) is 94.4 Å². The zero-order chi connectivity index (χ0) is 29.0. The summed E-state index contributed by atoms with van der Waals surface area (Å²) in [5.74, 6) is 0.722. The van der Waals surface area contributed by atoms with Crippen LogP contribution in [0.15, 0.2) is 76.8 Å². The smallest absolute Gasteiger partial charge is 0.410 e. The minimum atomic E-state index is -0.527. The Bertz CT molecular complexity index is 1490. The van der Waals surface area contributed by atoms with E-state index in [1.54, 1.807) is 23.1 Å². The molecule has 0 N–H and O–H groups in total. The standard InChI is InChI=1S/C32H33ClN2O5/c1-7-21(23-14-16-35(17-15-23)31(37)40-32(3,4)5)19-28-20(2)39-29(34-28)24-10-8-22(9-11-24)25-12-13-26(27(33)18-25)30(36)38-6/h7-14,18-19H,1,15-17H2,2-6H3/b21-19+. The Hall–Kier alpha value is -4.10. The summed E-state index contributed by atoms with van der Waals surface area (Å²) in [5.41, 5.74) is 5.18. The maximum absolute atomic E-state index is 12.4. The van der Waals surface area contributed by atoms with Crippen LogP contribution in [0.4, 0.5) is 4.79 Å². The molecule has 0 unspecified atom stereocenters. The molecule has 1 aromatic heterocycles. The summed E-state index contributed by atoms with van der Waals surface area (Å²) in [6, 6.07) is 13.0. The molecule has 0 aliphatic carbocycles. The first-order chi connectivity index (χ1) is 19.0. The molecule has 0 fully saturated rings. The maximum Gasteiger partial charge on any atom is 0.410 e. The van der Waals surface area contributed by atoms with Crippen LogP contribution in [0, 0.1) is 6.92 Å². The van der Waals surface area contributed by atoms with E-state index in [0.717, 1.165) is 33.5 Å². The van der Waals surface area contributed by atoms with Gasteiger partial charge in [0.05, 0.1) is 17.7 Å². The van der Waals surface area contributed by atoms with Crippen molar-refractivity contribution in [3.8, 4) is 22.6 Å². The summed E-state index contributed by atoms with van der Waals surface area (Å²) in [6.07, 6.45) is 6.17. The largest absolute Gasteiger partial charge is 0.465 e. The predicted molar refractivity (Wildman–Crippen MR) is 157 cm³/mol. The van der Waals surface area contributed by atoms with Gasteiger partial charge in [-0.3, -0.25) is 0 Å². The molecule has 0 spiro atoms. The molecular weight excluding hydrogens is 528 g/mol. The van der Waals surface area contributed by atoms with E-state index in [9.17, 15) is 9.59 Å². The summed E-state index contributed by atoms with van der Waals surface area (Å²) in [4.78, 5) is 30.6. The topological polar surface area (TPSA) is 81.9 Å². The van der Waals surface area contributed by atoms with Crippen molar-refractivity contribution in [2.24, 2.45) is 0 Å². The molecule has 1 amide bonds. The summed E-state index contributed by atoms with van der Waals surface area (Å²) in [6.45, 7) is 12.5. The molecule has 7 nitrogen and oxygen atoms in total.